The van der Waals surface area contributed by atoms with Crippen molar-refractivity contribution >= 4 is 0 Å². The Labute approximate surface area is 108 Å². The van der Waals surface area contributed by atoms with E-state index in [2.05, 4.69) is 5.32 Å². The molecule has 0 unspecified atom stereocenters. The summed E-state index contributed by atoms with van der Waals surface area (Å²) < 4.78 is 18.8. The third-order valence-corrected chi connectivity index (χ3v) is 2.53. The largest absolute Gasteiger partial charge is 0.493 e. The number of nitrogens with one attached hydrogen (secondary N) is 1. The quantitative estimate of drug-likeness (QED) is 0.701. The fourth-order valence-corrected chi connectivity index (χ4v) is 1.54. The summed E-state index contributed by atoms with van der Waals surface area (Å²) in [6.45, 7) is 5.39. The number of benzene rings is 1. The number of hydrogen-bond acceptors (Lipinski definition) is 3. The van der Waals surface area contributed by atoms with Gasteiger partial charge in [-0.3, -0.25) is 0 Å². The van der Waals surface area contributed by atoms with E-state index in [1.54, 1.807) is 6.07 Å². The Morgan fingerprint density at radius 1 is 1.33 bits per heavy atom. The SMILES string of the molecule is CC(C)NCc1cc(F)ccc1OCCCCO. The Kier molecular flexibility index (Phi) is 6.68. The second-order valence-corrected chi connectivity index (χ2v) is 4.57. The average Bonchev–Trinajstić information content (AvgIpc) is 2.34. The molecular weight excluding hydrogens is 233 g/mol. The van der Waals surface area contributed by atoms with Gasteiger partial charge in [0.15, 0.2) is 0 Å². The van der Waals surface area contributed by atoms with E-state index >= 15 is 0 Å². The first-order chi connectivity index (χ1) is 8.63. The van der Waals surface area contributed by atoms with Crippen LogP contribution in [0.25, 0.3) is 0 Å². The number of hydrogen-bond donors (Lipinski definition) is 2. The van der Waals surface area contributed by atoms with Gasteiger partial charge in [-0.05, 0) is 31.0 Å². The molecular formula is C14H22FNO2. The van der Waals surface area contributed by atoms with Crippen LogP contribution in [0.3, 0.4) is 0 Å². The monoisotopic (exact) mass is 255 g/mol. The maximum absolute atomic E-state index is 13.2. The lowest BCUT2D eigenvalue weighted by atomic mass is 10.2. The molecule has 0 heterocycles. The third-order valence-electron chi connectivity index (χ3n) is 2.53. The van der Waals surface area contributed by atoms with Crippen LogP contribution in [0.2, 0.25) is 0 Å². The summed E-state index contributed by atoms with van der Waals surface area (Å²) in [7, 11) is 0. The van der Waals surface area contributed by atoms with Crippen molar-refractivity contribution in [2.75, 3.05) is 13.2 Å². The zero-order valence-corrected chi connectivity index (χ0v) is 11.1. The minimum absolute atomic E-state index is 0.175. The molecule has 0 aliphatic rings. The van der Waals surface area contributed by atoms with Crippen molar-refractivity contribution in [2.24, 2.45) is 0 Å². The van der Waals surface area contributed by atoms with Crippen molar-refractivity contribution in [3.05, 3.63) is 29.6 Å². The smallest absolute Gasteiger partial charge is 0.123 e. The summed E-state index contributed by atoms with van der Waals surface area (Å²) in [5.41, 5.74) is 0.827. The Morgan fingerprint density at radius 2 is 2.11 bits per heavy atom. The van der Waals surface area contributed by atoms with E-state index in [0.717, 1.165) is 18.4 Å². The van der Waals surface area contributed by atoms with Crippen molar-refractivity contribution in [1.82, 2.24) is 5.32 Å². The molecule has 18 heavy (non-hydrogen) atoms. The lowest BCUT2D eigenvalue weighted by molar-refractivity contribution is 0.252. The number of unbranched alkanes of at least 4 members (excludes halogenated alkanes) is 1. The lowest BCUT2D eigenvalue weighted by Gasteiger charge is -2.13. The normalized spacial score (nSPS) is 10.9. The van der Waals surface area contributed by atoms with Gasteiger partial charge in [-0.15, -0.1) is 0 Å². The summed E-state index contributed by atoms with van der Waals surface area (Å²) in [4.78, 5) is 0. The summed E-state index contributed by atoms with van der Waals surface area (Å²) >= 11 is 0. The highest BCUT2D eigenvalue weighted by atomic mass is 19.1. The number of halogens is 1. The second kappa shape index (κ2) is 8.06. The van der Waals surface area contributed by atoms with Crippen LogP contribution < -0.4 is 10.1 Å². The van der Waals surface area contributed by atoms with Gasteiger partial charge >= 0.3 is 0 Å². The van der Waals surface area contributed by atoms with E-state index in [-0.39, 0.29) is 12.4 Å². The Balaban J connectivity index is 2.58. The summed E-state index contributed by atoms with van der Waals surface area (Å²) in [5.74, 6) is 0.459. The van der Waals surface area contributed by atoms with E-state index in [0.29, 0.717) is 24.9 Å². The van der Waals surface area contributed by atoms with Gasteiger partial charge < -0.3 is 15.2 Å². The van der Waals surface area contributed by atoms with Crippen LogP contribution in [-0.4, -0.2) is 24.4 Å². The molecule has 1 rings (SSSR count). The van der Waals surface area contributed by atoms with Crippen LogP contribution in [-0.2, 0) is 6.54 Å². The van der Waals surface area contributed by atoms with Crippen LogP contribution in [0.15, 0.2) is 18.2 Å². The molecule has 0 bridgehead atoms. The maximum Gasteiger partial charge on any atom is 0.123 e. The maximum atomic E-state index is 13.2. The van der Waals surface area contributed by atoms with Crippen LogP contribution in [0.1, 0.15) is 32.3 Å². The lowest BCUT2D eigenvalue weighted by Crippen LogP contribution is -2.22. The number of ether oxygens (including phenoxy) is 1. The van der Waals surface area contributed by atoms with Crippen molar-refractivity contribution in [1.29, 1.82) is 0 Å². The molecule has 0 aliphatic heterocycles. The first-order valence-corrected chi connectivity index (χ1v) is 6.39. The Hall–Kier alpha value is -1.13. The van der Waals surface area contributed by atoms with E-state index in [1.165, 1.54) is 12.1 Å². The van der Waals surface area contributed by atoms with Gasteiger partial charge in [0.25, 0.3) is 0 Å². The highest BCUT2D eigenvalue weighted by Crippen LogP contribution is 2.20. The first kappa shape index (κ1) is 14.9. The number of aliphatic hydroxyl groups is 1. The Bertz CT molecular complexity index is 356. The molecule has 1 aromatic rings. The summed E-state index contributed by atoms with van der Waals surface area (Å²) in [6, 6.07) is 4.90. The minimum atomic E-state index is -0.252. The zero-order chi connectivity index (χ0) is 13.4. The van der Waals surface area contributed by atoms with Crippen molar-refractivity contribution in [3.8, 4) is 5.75 Å². The van der Waals surface area contributed by atoms with Crippen LogP contribution >= 0.6 is 0 Å². The van der Waals surface area contributed by atoms with Crippen molar-refractivity contribution in [3.63, 3.8) is 0 Å². The van der Waals surface area contributed by atoms with Gasteiger partial charge in [0, 0.05) is 24.8 Å². The summed E-state index contributed by atoms with van der Waals surface area (Å²) in [5, 5.41) is 11.9. The number of rotatable bonds is 8. The van der Waals surface area contributed by atoms with Gasteiger partial charge in [-0.2, -0.15) is 0 Å². The van der Waals surface area contributed by atoms with Crippen molar-refractivity contribution in [2.45, 2.75) is 39.3 Å². The van der Waals surface area contributed by atoms with Gasteiger partial charge in [0.05, 0.1) is 6.61 Å². The van der Waals surface area contributed by atoms with Gasteiger partial charge in [-0.25, -0.2) is 4.39 Å². The molecule has 0 aliphatic carbocycles. The molecule has 0 fully saturated rings. The highest BCUT2D eigenvalue weighted by Gasteiger charge is 2.06. The van der Waals surface area contributed by atoms with Crippen molar-refractivity contribution < 1.29 is 14.2 Å². The average molecular weight is 255 g/mol. The van der Waals surface area contributed by atoms with E-state index < -0.39 is 0 Å². The predicted molar refractivity (Wildman–Crippen MR) is 70.2 cm³/mol. The molecule has 3 nitrogen and oxygen atoms in total. The van der Waals surface area contributed by atoms with E-state index in [4.69, 9.17) is 9.84 Å². The third kappa shape index (κ3) is 5.47. The molecule has 0 saturated heterocycles. The van der Waals surface area contributed by atoms with Gasteiger partial charge in [-0.1, -0.05) is 13.8 Å². The van der Waals surface area contributed by atoms with Gasteiger partial charge in [0.1, 0.15) is 11.6 Å². The highest BCUT2D eigenvalue weighted by molar-refractivity contribution is 5.33. The number of aliphatic hydroxyl groups excluding tert-OH is 1. The molecule has 0 spiro atoms. The molecule has 0 atom stereocenters. The molecule has 0 aromatic heterocycles. The van der Waals surface area contributed by atoms with Crippen LogP contribution in [0.4, 0.5) is 4.39 Å². The fourth-order valence-electron chi connectivity index (χ4n) is 1.54. The Morgan fingerprint density at radius 3 is 2.78 bits per heavy atom. The molecule has 102 valence electrons. The predicted octanol–water partition coefficient (Wildman–Crippen LogP) is 2.48. The minimum Gasteiger partial charge on any atom is -0.493 e. The fraction of sp³-hybridized carbons (Fsp3) is 0.571. The topological polar surface area (TPSA) is 41.5 Å². The molecule has 1 aromatic carbocycles. The molecule has 0 radical (unpaired) electrons. The van der Waals surface area contributed by atoms with Crippen LogP contribution in [0.5, 0.6) is 5.75 Å². The molecule has 2 N–H and O–H groups in total. The zero-order valence-electron chi connectivity index (χ0n) is 11.1. The van der Waals surface area contributed by atoms with Crippen LogP contribution in [0, 0.1) is 5.82 Å². The van der Waals surface area contributed by atoms with E-state index in [1.807, 2.05) is 13.8 Å². The molecule has 4 heteroatoms. The first-order valence-electron chi connectivity index (χ1n) is 6.39. The van der Waals surface area contributed by atoms with E-state index in [9.17, 15) is 4.39 Å². The molecule has 0 amide bonds. The standard InChI is InChI=1S/C14H22FNO2/c1-11(2)16-10-12-9-13(15)5-6-14(12)18-8-4-3-7-17/h5-6,9,11,16-17H,3-4,7-8,10H2,1-2H3. The molecule has 0 saturated carbocycles. The van der Waals surface area contributed by atoms with Gasteiger partial charge in [0.2, 0.25) is 0 Å². The second-order valence-electron chi connectivity index (χ2n) is 4.57. The summed E-state index contributed by atoms with van der Waals surface area (Å²) in [6.07, 6.45) is 1.52.